The molecule has 0 unspecified atom stereocenters. The van der Waals surface area contributed by atoms with Crippen LogP contribution < -0.4 is 15.4 Å². The van der Waals surface area contributed by atoms with Gasteiger partial charge < -0.3 is 15.4 Å². The number of pyridine rings is 1. The fourth-order valence-corrected chi connectivity index (χ4v) is 3.53. The summed E-state index contributed by atoms with van der Waals surface area (Å²) in [6.45, 7) is 2.20. The van der Waals surface area contributed by atoms with Crippen molar-refractivity contribution in [2.24, 2.45) is 0 Å². The Morgan fingerprint density at radius 2 is 1.92 bits per heavy atom. The van der Waals surface area contributed by atoms with Crippen molar-refractivity contribution in [3.63, 3.8) is 0 Å². The van der Waals surface area contributed by atoms with Crippen LogP contribution in [0.4, 0.5) is 5.82 Å². The van der Waals surface area contributed by atoms with Gasteiger partial charge in [0.2, 0.25) is 0 Å². The lowest BCUT2D eigenvalue weighted by molar-refractivity contribution is 0.272. The number of fused-ring (bicyclic) bond motifs is 2. The second-order valence-corrected chi connectivity index (χ2v) is 6.62. The van der Waals surface area contributed by atoms with Gasteiger partial charge in [0.25, 0.3) is 0 Å². The summed E-state index contributed by atoms with van der Waals surface area (Å²) >= 11 is 0. The molecule has 5 rings (SSSR count). The summed E-state index contributed by atoms with van der Waals surface area (Å²) in [5, 5.41) is 6.97. The molecule has 0 radical (unpaired) electrons. The molecule has 1 aromatic carbocycles. The highest BCUT2D eigenvalue weighted by atomic mass is 16.5. The summed E-state index contributed by atoms with van der Waals surface area (Å²) in [5.74, 6) is 2.62. The van der Waals surface area contributed by atoms with Gasteiger partial charge in [0.05, 0.1) is 11.7 Å². The summed E-state index contributed by atoms with van der Waals surface area (Å²) in [4.78, 5) is 13.6. The number of nitrogens with one attached hydrogen (secondary N) is 2. The molecule has 6 nitrogen and oxygen atoms in total. The van der Waals surface area contributed by atoms with Crippen molar-refractivity contribution in [2.45, 2.75) is 25.6 Å². The predicted octanol–water partition coefficient (Wildman–Crippen LogP) is 2.56. The highest BCUT2D eigenvalue weighted by Gasteiger charge is 2.24. The normalized spacial score (nSPS) is 17.9. The van der Waals surface area contributed by atoms with Gasteiger partial charge in [-0.05, 0) is 30.2 Å². The highest BCUT2D eigenvalue weighted by molar-refractivity contribution is 5.60. The molecule has 6 heteroatoms. The van der Waals surface area contributed by atoms with Gasteiger partial charge in [0.15, 0.2) is 5.82 Å². The van der Waals surface area contributed by atoms with E-state index in [1.807, 2.05) is 24.3 Å². The summed E-state index contributed by atoms with van der Waals surface area (Å²) in [6.07, 6.45) is 4.46. The Bertz CT molecular complexity index is 944. The zero-order valence-corrected chi connectivity index (χ0v) is 14.3. The van der Waals surface area contributed by atoms with E-state index in [-0.39, 0.29) is 6.04 Å². The van der Waals surface area contributed by atoms with E-state index in [1.165, 1.54) is 5.56 Å². The number of hydrogen-bond donors (Lipinski definition) is 2. The van der Waals surface area contributed by atoms with Gasteiger partial charge in [-0.15, -0.1) is 0 Å². The van der Waals surface area contributed by atoms with Gasteiger partial charge in [-0.25, -0.2) is 9.97 Å². The lowest BCUT2D eigenvalue weighted by atomic mass is 10.0. The quantitative estimate of drug-likeness (QED) is 0.760. The standard InChI is InChI=1S/C20H19N5O/c1-2-4-18-14(3-1)9-15(12-26-18)23-20-16-10-22-11-17(16)24-19(25-20)13-5-7-21-8-6-13/h1-8,15,22H,9-12H2,(H,23,24,25)/t15-/m0/s1. The van der Waals surface area contributed by atoms with Crippen LogP contribution in [-0.2, 0) is 19.5 Å². The largest absolute Gasteiger partial charge is 0.491 e. The van der Waals surface area contributed by atoms with Crippen molar-refractivity contribution >= 4 is 5.82 Å². The first kappa shape index (κ1) is 15.3. The number of ether oxygens (including phenoxy) is 1. The van der Waals surface area contributed by atoms with E-state index in [9.17, 15) is 0 Å². The fraction of sp³-hybridized carbons (Fsp3) is 0.250. The van der Waals surface area contributed by atoms with E-state index in [2.05, 4.69) is 27.8 Å². The van der Waals surface area contributed by atoms with Crippen LogP contribution in [-0.4, -0.2) is 27.6 Å². The average molecular weight is 345 g/mol. The second-order valence-electron chi connectivity index (χ2n) is 6.62. The molecule has 0 saturated heterocycles. The number of hydrogen-bond acceptors (Lipinski definition) is 6. The van der Waals surface area contributed by atoms with Crippen molar-refractivity contribution in [3.05, 3.63) is 65.6 Å². The van der Waals surface area contributed by atoms with Crippen LogP contribution in [0.2, 0.25) is 0 Å². The summed E-state index contributed by atoms with van der Waals surface area (Å²) in [6, 6.07) is 12.3. The minimum Gasteiger partial charge on any atom is -0.491 e. The van der Waals surface area contributed by atoms with E-state index < -0.39 is 0 Å². The Balaban J connectivity index is 1.47. The van der Waals surface area contributed by atoms with Crippen molar-refractivity contribution in [2.75, 3.05) is 11.9 Å². The molecule has 0 bridgehead atoms. The van der Waals surface area contributed by atoms with Crippen molar-refractivity contribution in [1.29, 1.82) is 0 Å². The molecule has 0 saturated carbocycles. The summed E-state index contributed by atoms with van der Waals surface area (Å²) < 4.78 is 5.91. The number of anilines is 1. The lowest BCUT2D eigenvalue weighted by Gasteiger charge is -2.27. The van der Waals surface area contributed by atoms with Gasteiger partial charge >= 0.3 is 0 Å². The average Bonchev–Trinajstić information content (AvgIpc) is 3.18. The van der Waals surface area contributed by atoms with E-state index in [0.29, 0.717) is 6.61 Å². The third kappa shape index (κ3) is 2.78. The predicted molar refractivity (Wildman–Crippen MR) is 98.9 cm³/mol. The molecule has 3 aromatic rings. The zero-order valence-electron chi connectivity index (χ0n) is 14.3. The Morgan fingerprint density at radius 3 is 2.85 bits per heavy atom. The SMILES string of the molecule is c1ccc2c(c1)C[C@H](Nc1nc(-c3ccncc3)nc3c1CNC3)CO2. The Hall–Kier alpha value is -2.99. The first-order valence-corrected chi connectivity index (χ1v) is 8.85. The van der Waals surface area contributed by atoms with E-state index in [0.717, 1.165) is 53.7 Å². The van der Waals surface area contributed by atoms with Crippen LogP contribution in [0, 0.1) is 0 Å². The molecule has 0 spiro atoms. The number of aromatic nitrogens is 3. The number of nitrogens with zero attached hydrogens (tertiary/aromatic N) is 3. The third-order valence-electron chi connectivity index (χ3n) is 4.85. The topological polar surface area (TPSA) is 72.0 Å². The number of benzene rings is 1. The van der Waals surface area contributed by atoms with Crippen LogP contribution in [0.25, 0.3) is 11.4 Å². The number of rotatable bonds is 3. The molecule has 4 heterocycles. The molecule has 0 amide bonds. The Labute approximate surface area is 151 Å². The molecule has 1 atom stereocenters. The monoisotopic (exact) mass is 345 g/mol. The third-order valence-corrected chi connectivity index (χ3v) is 4.85. The summed E-state index contributed by atoms with van der Waals surface area (Å²) in [7, 11) is 0. The van der Waals surface area contributed by atoms with Crippen LogP contribution in [0.5, 0.6) is 5.75 Å². The minimum absolute atomic E-state index is 0.190. The van der Waals surface area contributed by atoms with E-state index in [4.69, 9.17) is 14.7 Å². The zero-order chi connectivity index (χ0) is 17.3. The van der Waals surface area contributed by atoms with Gasteiger partial charge in [-0.3, -0.25) is 4.98 Å². The Morgan fingerprint density at radius 1 is 1.04 bits per heavy atom. The molecule has 0 fully saturated rings. The molecular weight excluding hydrogens is 326 g/mol. The van der Waals surface area contributed by atoms with Crippen LogP contribution in [0.15, 0.2) is 48.8 Å². The Kier molecular flexibility index (Phi) is 3.75. The van der Waals surface area contributed by atoms with Crippen LogP contribution >= 0.6 is 0 Å². The smallest absolute Gasteiger partial charge is 0.161 e. The molecule has 2 N–H and O–H groups in total. The van der Waals surface area contributed by atoms with Gasteiger partial charge in [0.1, 0.15) is 18.2 Å². The number of para-hydroxylation sites is 1. The van der Waals surface area contributed by atoms with E-state index >= 15 is 0 Å². The molecular formula is C20H19N5O. The maximum Gasteiger partial charge on any atom is 0.161 e. The van der Waals surface area contributed by atoms with Gasteiger partial charge in [-0.2, -0.15) is 0 Å². The van der Waals surface area contributed by atoms with Crippen molar-refractivity contribution < 1.29 is 4.74 Å². The van der Waals surface area contributed by atoms with E-state index in [1.54, 1.807) is 12.4 Å². The molecule has 2 aromatic heterocycles. The van der Waals surface area contributed by atoms with Gasteiger partial charge in [0, 0.05) is 36.6 Å². The first-order valence-electron chi connectivity index (χ1n) is 8.85. The molecule has 26 heavy (non-hydrogen) atoms. The minimum atomic E-state index is 0.190. The van der Waals surface area contributed by atoms with Gasteiger partial charge in [-0.1, -0.05) is 18.2 Å². The highest BCUT2D eigenvalue weighted by Crippen LogP contribution is 2.29. The van der Waals surface area contributed by atoms with Crippen LogP contribution in [0.1, 0.15) is 16.8 Å². The van der Waals surface area contributed by atoms with Crippen molar-refractivity contribution in [3.8, 4) is 17.1 Å². The maximum atomic E-state index is 5.91. The van der Waals surface area contributed by atoms with Crippen molar-refractivity contribution in [1.82, 2.24) is 20.3 Å². The molecule has 0 aliphatic carbocycles. The lowest BCUT2D eigenvalue weighted by Crippen LogP contribution is -2.34. The maximum absolute atomic E-state index is 5.91. The first-order chi connectivity index (χ1) is 12.9. The summed E-state index contributed by atoms with van der Waals surface area (Å²) in [5.41, 5.74) is 4.42. The molecule has 2 aliphatic rings. The molecule has 130 valence electrons. The second kappa shape index (κ2) is 6.38. The molecule has 2 aliphatic heterocycles. The fourth-order valence-electron chi connectivity index (χ4n) is 3.53. The van der Waals surface area contributed by atoms with Crippen LogP contribution in [0.3, 0.4) is 0 Å².